The summed E-state index contributed by atoms with van der Waals surface area (Å²) in [6.07, 6.45) is -5.15. The second kappa shape index (κ2) is 7.81. The number of hydrogen-bond donors (Lipinski definition) is 2. The van der Waals surface area contributed by atoms with Gasteiger partial charge in [0.15, 0.2) is 0 Å². The Balaban J connectivity index is 1.80. The van der Waals surface area contributed by atoms with Gasteiger partial charge < -0.3 is 14.9 Å². The molecule has 2 N–H and O–H groups in total. The van der Waals surface area contributed by atoms with E-state index in [0.717, 1.165) is 22.6 Å². The van der Waals surface area contributed by atoms with Crippen molar-refractivity contribution in [1.82, 2.24) is 0 Å². The van der Waals surface area contributed by atoms with Gasteiger partial charge in [0.05, 0.1) is 11.7 Å². The molecule has 0 aliphatic rings. The van der Waals surface area contributed by atoms with Gasteiger partial charge in [-0.3, -0.25) is 0 Å². The van der Waals surface area contributed by atoms with Crippen LogP contribution < -0.4 is 4.74 Å². The Morgan fingerprint density at radius 2 is 1.79 bits per heavy atom. The lowest BCUT2D eigenvalue weighted by molar-refractivity contribution is -0.137. The first-order valence-electron chi connectivity index (χ1n) is 7.16. The molecule has 0 saturated carbocycles. The number of hydrogen-bond acceptors (Lipinski definition) is 4. The smallest absolute Gasteiger partial charge is 0.416 e. The van der Waals surface area contributed by atoms with Crippen molar-refractivity contribution in [3.05, 3.63) is 53.6 Å². The molecule has 0 radical (unpaired) electrons. The lowest BCUT2D eigenvalue weighted by Crippen LogP contribution is -2.20. The lowest BCUT2D eigenvalue weighted by Gasteiger charge is -2.13. The monoisotopic (exact) mass is 358 g/mol. The van der Waals surface area contributed by atoms with E-state index >= 15 is 0 Å². The average Bonchev–Trinajstić information content (AvgIpc) is 2.53. The summed E-state index contributed by atoms with van der Waals surface area (Å²) in [5.41, 5.74) is 0.00384. The summed E-state index contributed by atoms with van der Waals surface area (Å²) in [6.45, 7) is 1.76. The Morgan fingerprint density at radius 3 is 2.38 bits per heavy atom. The Hall–Kier alpha value is -1.86. The first kappa shape index (κ1) is 18.5. The molecule has 0 aliphatic heterocycles. The highest BCUT2D eigenvalue weighted by Gasteiger charge is 2.30. The molecule has 0 aliphatic carbocycles. The number of phenols is 1. The van der Waals surface area contributed by atoms with Gasteiger partial charge in [0.2, 0.25) is 0 Å². The molecule has 130 valence electrons. The van der Waals surface area contributed by atoms with Gasteiger partial charge in [-0.2, -0.15) is 13.2 Å². The maximum Gasteiger partial charge on any atom is 0.416 e. The Labute approximate surface area is 142 Å². The predicted octanol–water partition coefficient (Wildman–Crippen LogP) is 4.25. The van der Waals surface area contributed by atoms with Gasteiger partial charge in [0, 0.05) is 10.6 Å². The van der Waals surface area contributed by atoms with Crippen molar-refractivity contribution in [2.24, 2.45) is 0 Å². The molecule has 7 heteroatoms. The number of halogens is 3. The first-order valence-corrected chi connectivity index (χ1v) is 8.15. The van der Waals surface area contributed by atoms with Crippen molar-refractivity contribution in [1.29, 1.82) is 0 Å². The van der Waals surface area contributed by atoms with Crippen LogP contribution >= 0.6 is 11.8 Å². The fraction of sp³-hybridized carbons (Fsp3) is 0.294. The molecule has 0 fully saturated rings. The van der Waals surface area contributed by atoms with Gasteiger partial charge in [0.25, 0.3) is 0 Å². The van der Waals surface area contributed by atoms with Gasteiger partial charge in [-0.1, -0.05) is 0 Å². The minimum atomic E-state index is -4.38. The fourth-order valence-electron chi connectivity index (χ4n) is 1.89. The van der Waals surface area contributed by atoms with Crippen LogP contribution in [-0.2, 0) is 6.18 Å². The molecule has 2 aromatic rings. The minimum absolute atomic E-state index is 0.0184. The molecule has 0 saturated heterocycles. The largest absolute Gasteiger partial charge is 0.508 e. The van der Waals surface area contributed by atoms with Crippen LogP contribution in [0.25, 0.3) is 0 Å². The maximum absolute atomic E-state index is 12.4. The van der Waals surface area contributed by atoms with E-state index in [-0.39, 0.29) is 18.1 Å². The lowest BCUT2D eigenvalue weighted by atomic mass is 10.2. The molecular weight excluding hydrogens is 341 g/mol. The number of alkyl halides is 3. The summed E-state index contributed by atoms with van der Waals surface area (Å²) in [6, 6.07) is 9.48. The van der Waals surface area contributed by atoms with Gasteiger partial charge in [-0.05, 0) is 55.0 Å². The highest BCUT2D eigenvalue weighted by molar-refractivity contribution is 7.99. The molecule has 0 bridgehead atoms. The van der Waals surface area contributed by atoms with E-state index < -0.39 is 17.8 Å². The molecule has 2 rings (SSSR count). The molecule has 3 nitrogen and oxygen atoms in total. The number of benzene rings is 2. The van der Waals surface area contributed by atoms with Crippen LogP contribution in [0.2, 0.25) is 0 Å². The van der Waals surface area contributed by atoms with E-state index in [1.54, 1.807) is 19.1 Å². The quantitative estimate of drug-likeness (QED) is 0.758. The molecule has 0 aromatic heterocycles. The zero-order valence-corrected chi connectivity index (χ0v) is 13.7. The van der Waals surface area contributed by atoms with Crippen LogP contribution in [0.1, 0.15) is 11.1 Å². The summed E-state index contributed by atoms with van der Waals surface area (Å²) in [5.74, 6) is 0.850. The van der Waals surface area contributed by atoms with E-state index in [1.807, 2.05) is 6.07 Å². The normalized spacial score (nSPS) is 12.9. The van der Waals surface area contributed by atoms with Crippen LogP contribution in [-0.4, -0.2) is 28.7 Å². The highest BCUT2D eigenvalue weighted by atomic mass is 32.2. The van der Waals surface area contributed by atoms with E-state index in [1.165, 1.54) is 23.9 Å². The number of phenolic OH excluding ortho intramolecular Hbond substituents is 1. The van der Waals surface area contributed by atoms with Crippen LogP contribution in [0, 0.1) is 6.92 Å². The van der Waals surface area contributed by atoms with E-state index in [0.29, 0.717) is 5.75 Å². The van der Waals surface area contributed by atoms with Gasteiger partial charge in [0.1, 0.15) is 18.1 Å². The Kier molecular flexibility index (Phi) is 6.01. The molecule has 0 unspecified atom stereocenters. The van der Waals surface area contributed by atoms with E-state index in [9.17, 15) is 23.4 Å². The number of aliphatic hydroxyl groups is 1. The van der Waals surface area contributed by atoms with Crippen molar-refractivity contribution in [2.75, 3.05) is 12.4 Å². The Bertz CT molecular complexity index is 672. The summed E-state index contributed by atoms with van der Waals surface area (Å²) < 4.78 is 42.6. The summed E-state index contributed by atoms with van der Waals surface area (Å²) in [5, 5.41) is 19.4. The highest BCUT2D eigenvalue weighted by Crippen LogP contribution is 2.30. The minimum Gasteiger partial charge on any atom is -0.508 e. The number of aryl methyl sites for hydroxylation is 1. The molecule has 0 heterocycles. The number of aliphatic hydroxyl groups excluding tert-OH is 1. The van der Waals surface area contributed by atoms with Crippen molar-refractivity contribution in [2.45, 2.75) is 24.1 Å². The maximum atomic E-state index is 12.4. The van der Waals surface area contributed by atoms with Crippen LogP contribution in [0.3, 0.4) is 0 Å². The molecule has 0 spiro atoms. The standard InChI is InChI=1S/C17H17F3O3S/c1-11-8-15(6-7-16(11)22)24-10-13(21)9-23-14-4-2-12(3-5-14)17(18,19)20/h2-8,13,21-22H,9-10H2,1H3/t13-/m0/s1. The summed E-state index contributed by atoms with van der Waals surface area (Å²) in [4.78, 5) is 0.902. The second-order valence-corrected chi connectivity index (χ2v) is 6.34. The number of ether oxygens (including phenoxy) is 1. The predicted molar refractivity (Wildman–Crippen MR) is 86.5 cm³/mol. The third kappa shape index (κ3) is 5.35. The third-order valence-corrected chi connectivity index (χ3v) is 4.37. The van der Waals surface area contributed by atoms with Gasteiger partial charge >= 0.3 is 6.18 Å². The van der Waals surface area contributed by atoms with Gasteiger partial charge in [-0.15, -0.1) is 11.8 Å². The topological polar surface area (TPSA) is 49.7 Å². The average molecular weight is 358 g/mol. The number of thioether (sulfide) groups is 1. The van der Waals surface area contributed by atoms with E-state index in [2.05, 4.69) is 0 Å². The van der Waals surface area contributed by atoms with Crippen molar-refractivity contribution in [3.63, 3.8) is 0 Å². The van der Waals surface area contributed by atoms with Gasteiger partial charge in [-0.25, -0.2) is 0 Å². The van der Waals surface area contributed by atoms with Crippen molar-refractivity contribution >= 4 is 11.8 Å². The molecule has 0 amide bonds. The van der Waals surface area contributed by atoms with Crippen LogP contribution in [0.5, 0.6) is 11.5 Å². The van der Waals surface area contributed by atoms with Crippen molar-refractivity contribution in [3.8, 4) is 11.5 Å². The zero-order valence-electron chi connectivity index (χ0n) is 12.9. The molecule has 1 atom stereocenters. The summed E-state index contributed by atoms with van der Waals surface area (Å²) >= 11 is 1.40. The SMILES string of the molecule is Cc1cc(SC[C@@H](O)COc2ccc(C(F)(F)F)cc2)ccc1O. The number of aromatic hydroxyl groups is 1. The number of rotatable bonds is 6. The fourth-order valence-corrected chi connectivity index (χ4v) is 2.80. The molecular formula is C17H17F3O3S. The third-order valence-electron chi connectivity index (χ3n) is 3.23. The van der Waals surface area contributed by atoms with Crippen LogP contribution in [0.4, 0.5) is 13.2 Å². The van der Waals surface area contributed by atoms with Crippen molar-refractivity contribution < 1.29 is 28.1 Å². The Morgan fingerprint density at radius 1 is 1.12 bits per heavy atom. The zero-order chi connectivity index (χ0) is 17.7. The molecule has 24 heavy (non-hydrogen) atoms. The molecule has 2 aromatic carbocycles. The van der Waals surface area contributed by atoms with E-state index in [4.69, 9.17) is 4.74 Å². The summed E-state index contributed by atoms with van der Waals surface area (Å²) in [7, 11) is 0. The van der Waals surface area contributed by atoms with Crippen LogP contribution in [0.15, 0.2) is 47.4 Å². The first-order chi connectivity index (χ1) is 11.3. The second-order valence-electron chi connectivity index (χ2n) is 5.25.